The van der Waals surface area contributed by atoms with Gasteiger partial charge in [0.1, 0.15) is 5.78 Å². The number of carbonyl (C=O) groups is 2. The van der Waals surface area contributed by atoms with Crippen molar-refractivity contribution in [1.29, 1.82) is 0 Å². The van der Waals surface area contributed by atoms with Crippen LogP contribution in [0.4, 0.5) is 0 Å². The third kappa shape index (κ3) is 3.64. The highest BCUT2D eigenvalue weighted by atomic mass is 16.2. The van der Waals surface area contributed by atoms with Crippen LogP contribution in [0.15, 0.2) is 30.3 Å². The summed E-state index contributed by atoms with van der Waals surface area (Å²) < 4.78 is 0. The van der Waals surface area contributed by atoms with Gasteiger partial charge in [-0.3, -0.25) is 9.59 Å². The third-order valence-corrected chi connectivity index (χ3v) is 6.17. The van der Waals surface area contributed by atoms with Gasteiger partial charge in [0.25, 0.3) is 0 Å². The lowest BCUT2D eigenvalue weighted by molar-refractivity contribution is -0.136. The highest BCUT2D eigenvalue weighted by molar-refractivity contribution is 5.88. The van der Waals surface area contributed by atoms with Crippen molar-refractivity contribution >= 4 is 11.7 Å². The monoisotopic (exact) mass is 342 g/mol. The largest absolute Gasteiger partial charge is 0.339 e. The Morgan fingerprint density at radius 1 is 1.16 bits per heavy atom. The summed E-state index contributed by atoms with van der Waals surface area (Å²) in [6.45, 7) is 4.45. The number of nitrogens with zero attached hydrogens (tertiary/aromatic N) is 1. The molecular weight excluding hydrogens is 312 g/mol. The summed E-state index contributed by atoms with van der Waals surface area (Å²) in [6, 6.07) is 10.4. The Bertz CT molecular complexity index is 614. The van der Waals surface area contributed by atoms with E-state index in [1.165, 1.54) is 24.8 Å². The summed E-state index contributed by atoms with van der Waals surface area (Å²) in [6.07, 6.45) is 4.26. The molecule has 4 nitrogen and oxygen atoms in total. The highest BCUT2D eigenvalue weighted by Crippen LogP contribution is 2.54. The van der Waals surface area contributed by atoms with Gasteiger partial charge in [-0.15, -0.1) is 0 Å². The minimum absolute atomic E-state index is 0.0306. The number of likely N-dealkylation sites (N-methyl/N-ethyl adjacent to an activating group) is 1. The summed E-state index contributed by atoms with van der Waals surface area (Å²) in [4.78, 5) is 26.7. The molecule has 1 aromatic rings. The molecule has 0 saturated heterocycles. The van der Waals surface area contributed by atoms with Gasteiger partial charge in [0.05, 0.1) is 6.04 Å². The number of fused-ring (bicyclic) bond motifs is 2. The number of carbonyl (C=O) groups excluding carboxylic acids is 2. The van der Waals surface area contributed by atoms with Crippen LogP contribution in [0.1, 0.15) is 57.4 Å². The fourth-order valence-corrected chi connectivity index (χ4v) is 5.01. The van der Waals surface area contributed by atoms with Crippen molar-refractivity contribution in [2.45, 2.75) is 64.0 Å². The van der Waals surface area contributed by atoms with Gasteiger partial charge in [-0.25, -0.2) is 0 Å². The summed E-state index contributed by atoms with van der Waals surface area (Å²) in [5.41, 5.74) is 6.98. The van der Waals surface area contributed by atoms with Gasteiger partial charge in [-0.1, -0.05) is 30.3 Å². The zero-order chi connectivity index (χ0) is 18.0. The van der Waals surface area contributed by atoms with Crippen LogP contribution in [0.2, 0.25) is 0 Å². The second-order valence-electron chi connectivity index (χ2n) is 7.70. The number of ketones is 1. The standard InChI is InChI=1S/C21H30N2O2/c1-3-23(19(25)12-11-18(24)14(2)22)21-17-10-9-16(13-17)20(21)15-7-5-4-6-8-15/h4-8,14,16-17,20-21H,3,9-13,22H2,1-2H3/t14-,16?,17?,20?,21?/m0/s1. The Labute approximate surface area is 150 Å². The van der Waals surface area contributed by atoms with Crippen LogP contribution < -0.4 is 5.73 Å². The molecule has 0 aliphatic heterocycles. The molecule has 0 heterocycles. The average molecular weight is 342 g/mol. The first-order valence-electron chi connectivity index (χ1n) is 9.65. The molecule has 1 amide bonds. The van der Waals surface area contributed by atoms with Crippen molar-refractivity contribution in [2.24, 2.45) is 17.6 Å². The topological polar surface area (TPSA) is 63.4 Å². The quantitative estimate of drug-likeness (QED) is 0.828. The maximum Gasteiger partial charge on any atom is 0.223 e. The number of hydrogen-bond acceptors (Lipinski definition) is 3. The van der Waals surface area contributed by atoms with E-state index < -0.39 is 6.04 Å². The summed E-state index contributed by atoms with van der Waals surface area (Å²) in [5, 5.41) is 0. The Balaban J connectivity index is 1.76. The molecule has 2 aliphatic rings. The Morgan fingerprint density at radius 3 is 2.48 bits per heavy atom. The molecule has 2 bridgehead atoms. The number of rotatable bonds is 7. The van der Waals surface area contributed by atoms with Gasteiger partial charge < -0.3 is 10.6 Å². The number of Topliss-reactive ketones (excluding diaryl/α,β-unsaturated/α-hetero) is 1. The zero-order valence-corrected chi connectivity index (χ0v) is 15.4. The molecule has 0 spiro atoms. The molecule has 5 atom stereocenters. The van der Waals surface area contributed by atoms with Gasteiger partial charge in [0.2, 0.25) is 5.91 Å². The molecule has 0 aromatic heterocycles. The van der Waals surface area contributed by atoms with E-state index in [9.17, 15) is 9.59 Å². The second kappa shape index (κ2) is 7.69. The lowest BCUT2D eigenvalue weighted by Crippen LogP contribution is -2.47. The zero-order valence-electron chi connectivity index (χ0n) is 15.4. The Kier molecular flexibility index (Phi) is 5.57. The lowest BCUT2D eigenvalue weighted by Gasteiger charge is -2.40. The number of hydrogen-bond donors (Lipinski definition) is 1. The first-order valence-corrected chi connectivity index (χ1v) is 9.65. The molecule has 4 heteroatoms. The van der Waals surface area contributed by atoms with Crippen LogP contribution in [0.25, 0.3) is 0 Å². The van der Waals surface area contributed by atoms with Crippen molar-refractivity contribution in [3.05, 3.63) is 35.9 Å². The molecule has 4 unspecified atom stereocenters. The van der Waals surface area contributed by atoms with Gasteiger partial charge >= 0.3 is 0 Å². The van der Waals surface area contributed by atoms with Crippen LogP contribution in [-0.2, 0) is 9.59 Å². The minimum atomic E-state index is -0.484. The molecule has 136 valence electrons. The van der Waals surface area contributed by atoms with Crippen molar-refractivity contribution in [3.8, 4) is 0 Å². The molecule has 25 heavy (non-hydrogen) atoms. The van der Waals surface area contributed by atoms with E-state index in [2.05, 4.69) is 36.1 Å². The van der Waals surface area contributed by atoms with Crippen LogP contribution in [0.5, 0.6) is 0 Å². The van der Waals surface area contributed by atoms with E-state index in [4.69, 9.17) is 5.73 Å². The SMILES string of the molecule is CCN(C(=O)CCC(=O)[C@H](C)N)C1C2CCC(C2)C1c1ccccc1. The normalized spacial score (nSPS) is 28.8. The van der Waals surface area contributed by atoms with E-state index in [-0.39, 0.29) is 30.6 Å². The second-order valence-corrected chi connectivity index (χ2v) is 7.70. The van der Waals surface area contributed by atoms with E-state index in [1.807, 2.05) is 6.07 Å². The molecule has 2 saturated carbocycles. The molecule has 2 fully saturated rings. The van der Waals surface area contributed by atoms with Gasteiger partial charge in [0.15, 0.2) is 0 Å². The maximum absolute atomic E-state index is 12.9. The summed E-state index contributed by atoms with van der Waals surface area (Å²) >= 11 is 0. The first-order chi connectivity index (χ1) is 12.0. The predicted molar refractivity (Wildman–Crippen MR) is 99.1 cm³/mol. The highest BCUT2D eigenvalue weighted by Gasteiger charge is 2.50. The predicted octanol–water partition coefficient (Wildman–Crippen LogP) is 3.11. The molecule has 3 rings (SSSR count). The fraction of sp³-hybridized carbons (Fsp3) is 0.619. The summed E-state index contributed by atoms with van der Waals surface area (Å²) in [7, 11) is 0. The summed E-state index contributed by atoms with van der Waals surface area (Å²) in [5.74, 6) is 1.80. The number of amides is 1. The molecule has 1 aromatic carbocycles. The number of nitrogens with two attached hydrogens (primary N) is 1. The molecular formula is C21H30N2O2. The third-order valence-electron chi connectivity index (χ3n) is 6.17. The van der Waals surface area contributed by atoms with Crippen molar-refractivity contribution in [1.82, 2.24) is 4.90 Å². The van der Waals surface area contributed by atoms with Crippen LogP contribution >= 0.6 is 0 Å². The molecule has 2 aliphatic carbocycles. The Morgan fingerprint density at radius 2 is 1.84 bits per heavy atom. The van der Waals surface area contributed by atoms with Gasteiger partial charge in [-0.2, -0.15) is 0 Å². The van der Waals surface area contributed by atoms with Crippen molar-refractivity contribution in [3.63, 3.8) is 0 Å². The van der Waals surface area contributed by atoms with E-state index in [1.54, 1.807) is 6.92 Å². The van der Waals surface area contributed by atoms with Gasteiger partial charge in [-0.05, 0) is 50.5 Å². The molecule has 2 N–H and O–H groups in total. The lowest BCUT2D eigenvalue weighted by atomic mass is 9.79. The average Bonchev–Trinajstić information content (AvgIpc) is 3.22. The van der Waals surface area contributed by atoms with Crippen LogP contribution in [0.3, 0.4) is 0 Å². The Hall–Kier alpha value is -1.68. The van der Waals surface area contributed by atoms with E-state index in [0.29, 0.717) is 24.3 Å². The van der Waals surface area contributed by atoms with Crippen LogP contribution in [0, 0.1) is 11.8 Å². The van der Waals surface area contributed by atoms with Gasteiger partial charge in [0, 0.05) is 31.3 Å². The van der Waals surface area contributed by atoms with E-state index in [0.717, 1.165) is 0 Å². The fourth-order valence-electron chi connectivity index (χ4n) is 5.01. The van der Waals surface area contributed by atoms with E-state index >= 15 is 0 Å². The smallest absolute Gasteiger partial charge is 0.223 e. The minimum Gasteiger partial charge on any atom is -0.339 e. The maximum atomic E-state index is 12.9. The van der Waals surface area contributed by atoms with Crippen LogP contribution in [-0.4, -0.2) is 35.2 Å². The van der Waals surface area contributed by atoms with Crippen molar-refractivity contribution in [2.75, 3.05) is 6.54 Å². The first kappa shape index (κ1) is 18.1. The number of benzene rings is 1. The van der Waals surface area contributed by atoms with Crippen molar-refractivity contribution < 1.29 is 9.59 Å². The molecule has 0 radical (unpaired) electrons.